The third-order valence-electron chi connectivity index (χ3n) is 4.21. The fourth-order valence-electron chi connectivity index (χ4n) is 3.03. The van der Waals surface area contributed by atoms with Gasteiger partial charge in [-0.15, -0.1) is 12.4 Å². The van der Waals surface area contributed by atoms with Crippen molar-refractivity contribution in [3.05, 3.63) is 29.8 Å². The second kappa shape index (κ2) is 6.02. The summed E-state index contributed by atoms with van der Waals surface area (Å²) in [5, 5.41) is 3.11. The van der Waals surface area contributed by atoms with Crippen LogP contribution in [0.25, 0.3) is 0 Å². The predicted octanol–water partition coefficient (Wildman–Crippen LogP) is 2.32. The lowest BCUT2D eigenvalue weighted by Gasteiger charge is -2.30. The number of carbonyl (C=O) groups is 1. The van der Waals surface area contributed by atoms with Crippen LogP contribution in [0.1, 0.15) is 43.7 Å². The van der Waals surface area contributed by atoms with E-state index in [1.54, 1.807) is 0 Å². The highest BCUT2D eigenvalue weighted by molar-refractivity contribution is 5.86. The lowest BCUT2D eigenvalue weighted by Crippen LogP contribution is -2.53. The van der Waals surface area contributed by atoms with Crippen molar-refractivity contribution in [3.63, 3.8) is 0 Å². The van der Waals surface area contributed by atoms with Gasteiger partial charge in [0.05, 0.1) is 18.2 Å². The Morgan fingerprint density at radius 1 is 1.30 bits per heavy atom. The quantitative estimate of drug-likeness (QED) is 0.880. The van der Waals surface area contributed by atoms with Gasteiger partial charge in [-0.05, 0) is 18.9 Å². The van der Waals surface area contributed by atoms with Crippen LogP contribution in [0.15, 0.2) is 24.3 Å². The van der Waals surface area contributed by atoms with Gasteiger partial charge in [-0.2, -0.15) is 0 Å². The minimum atomic E-state index is -0.659. The summed E-state index contributed by atoms with van der Waals surface area (Å²) in [5.41, 5.74) is 6.60. The maximum atomic E-state index is 12.4. The Bertz CT molecular complexity index is 487. The maximum absolute atomic E-state index is 12.4. The molecule has 110 valence electrons. The molecule has 0 bridgehead atoms. The number of para-hydroxylation sites is 1. The van der Waals surface area contributed by atoms with E-state index < -0.39 is 5.54 Å². The van der Waals surface area contributed by atoms with E-state index in [0.717, 1.165) is 43.4 Å². The molecule has 1 unspecified atom stereocenters. The van der Waals surface area contributed by atoms with Crippen LogP contribution in [-0.2, 0) is 4.79 Å². The van der Waals surface area contributed by atoms with E-state index in [1.807, 2.05) is 24.3 Å². The van der Waals surface area contributed by atoms with Gasteiger partial charge in [-0.1, -0.05) is 31.0 Å². The molecule has 20 heavy (non-hydrogen) atoms. The number of benzene rings is 1. The van der Waals surface area contributed by atoms with Crippen LogP contribution in [0, 0.1) is 0 Å². The lowest BCUT2D eigenvalue weighted by atomic mass is 9.95. The fourth-order valence-corrected chi connectivity index (χ4v) is 3.03. The fraction of sp³-hybridized carbons (Fsp3) is 0.533. The molecule has 1 amide bonds. The molecule has 4 nitrogen and oxygen atoms in total. The number of nitrogens with two attached hydrogens (primary N) is 1. The van der Waals surface area contributed by atoms with Crippen molar-refractivity contribution in [2.45, 2.75) is 43.7 Å². The predicted molar refractivity (Wildman–Crippen MR) is 80.1 cm³/mol. The summed E-state index contributed by atoms with van der Waals surface area (Å²) in [6, 6.07) is 7.90. The minimum Gasteiger partial charge on any atom is -0.493 e. The maximum Gasteiger partial charge on any atom is 0.240 e. The van der Waals surface area contributed by atoms with E-state index in [0.29, 0.717) is 6.61 Å². The first-order chi connectivity index (χ1) is 9.19. The largest absolute Gasteiger partial charge is 0.493 e. The summed E-state index contributed by atoms with van der Waals surface area (Å²) < 4.78 is 5.60. The summed E-state index contributed by atoms with van der Waals surface area (Å²) in [4.78, 5) is 12.4. The zero-order valence-corrected chi connectivity index (χ0v) is 12.2. The molecule has 3 N–H and O–H groups in total. The lowest BCUT2D eigenvalue weighted by molar-refractivity contribution is -0.127. The zero-order valence-electron chi connectivity index (χ0n) is 11.4. The Labute approximate surface area is 125 Å². The zero-order chi connectivity index (χ0) is 13.3. The van der Waals surface area contributed by atoms with Gasteiger partial charge in [-0.3, -0.25) is 4.79 Å². The summed E-state index contributed by atoms with van der Waals surface area (Å²) in [7, 11) is 0. The molecule has 5 heteroatoms. The Balaban J connectivity index is 0.00000147. The van der Waals surface area contributed by atoms with Crippen molar-refractivity contribution in [2.24, 2.45) is 5.73 Å². The highest BCUT2D eigenvalue weighted by Crippen LogP contribution is 2.33. The van der Waals surface area contributed by atoms with Gasteiger partial charge in [0.1, 0.15) is 5.75 Å². The molecule has 1 aromatic carbocycles. The first kappa shape index (κ1) is 15.1. The van der Waals surface area contributed by atoms with Gasteiger partial charge >= 0.3 is 0 Å². The van der Waals surface area contributed by atoms with E-state index in [2.05, 4.69) is 5.32 Å². The Hall–Kier alpha value is -1.26. The highest BCUT2D eigenvalue weighted by Gasteiger charge is 2.38. The second-order valence-corrected chi connectivity index (χ2v) is 5.56. The van der Waals surface area contributed by atoms with Gasteiger partial charge in [0.2, 0.25) is 5.91 Å². The van der Waals surface area contributed by atoms with E-state index in [1.165, 1.54) is 0 Å². The van der Waals surface area contributed by atoms with Crippen LogP contribution in [0.2, 0.25) is 0 Å². The molecule has 1 aliphatic carbocycles. The Kier molecular flexibility index (Phi) is 4.55. The monoisotopic (exact) mass is 296 g/mol. The molecule has 1 saturated carbocycles. The SMILES string of the molecule is Cl.NC1(C(=O)NC2CCOc3ccccc32)CCCC1. The molecule has 1 heterocycles. The third kappa shape index (κ3) is 2.76. The molecule has 2 aliphatic rings. The molecule has 3 rings (SSSR count). The van der Waals surface area contributed by atoms with Crippen LogP contribution in [0.3, 0.4) is 0 Å². The first-order valence-corrected chi connectivity index (χ1v) is 7.01. The molecule has 1 fully saturated rings. The number of fused-ring (bicyclic) bond motifs is 1. The summed E-state index contributed by atoms with van der Waals surface area (Å²) >= 11 is 0. The van der Waals surface area contributed by atoms with Crippen LogP contribution < -0.4 is 15.8 Å². The summed E-state index contributed by atoms with van der Waals surface area (Å²) in [6.45, 7) is 0.638. The number of rotatable bonds is 2. The molecule has 1 aromatic rings. The van der Waals surface area contributed by atoms with Crippen molar-refractivity contribution in [3.8, 4) is 5.75 Å². The second-order valence-electron chi connectivity index (χ2n) is 5.56. The van der Waals surface area contributed by atoms with Gasteiger partial charge in [0.25, 0.3) is 0 Å². The smallest absolute Gasteiger partial charge is 0.240 e. The van der Waals surface area contributed by atoms with Crippen LogP contribution in [0.5, 0.6) is 5.75 Å². The minimum absolute atomic E-state index is 0. The molecule has 0 radical (unpaired) electrons. The van der Waals surface area contributed by atoms with E-state index >= 15 is 0 Å². The number of ether oxygens (including phenoxy) is 1. The van der Waals surface area contributed by atoms with Crippen LogP contribution in [0.4, 0.5) is 0 Å². The van der Waals surface area contributed by atoms with Gasteiger partial charge in [0.15, 0.2) is 0 Å². The normalized spacial score (nSPS) is 23.1. The summed E-state index contributed by atoms with van der Waals surface area (Å²) in [6.07, 6.45) is 4.49. The number of hydrogen-bond donors (Lipinski definition) is 2. The molecule has 1 aliphatic heterocycles. The van der Waals surface area contributed by atoms with Crippen molar-refractivity contribution in [1.82, 2.24) is 5.32 Å². The molecule has 0 spiro atoms. The van der Waals surface area contributed by atoms with Gasteiger partial charge in [-0.25, -0.2) is 0 Å². The molecule has 0 saturated heterocycles. The third-order valence-corrected chi connectivity index (χ3v) is 4.21. The number of halogens is 1. The number of amides is 1. The van der Waals surface area contributed by atoms with Crippen molar-refractivity contribution in [2.75, 3.05) is 6.61 Å². The van der Waals surface area contributed by atoms with Crippen molar-refractivity contribution < 1.29 is 9.53 Å². The standard InChI is InChI=1S/C15H20N2O2.ClH/c16-15(8-3-4-9-15)14(18)17-12-7-10-19-13-6-2-1-5-11(12)13;/h1-2,5-6,12H,3-4,7-10,16H2,(H,17,18);1H. The van der Waals surface area contributed by atoms with Gasteiger partial charge in [0, 0.05) is 12.0 Å². The van der Waals surface area contributed by atoms with Crippen LogP contribution >= 0.6 is 12.4 Å². The van der Waals surface area contributed by atoms with E-state index in [4.69, 9.17) is 10.5 Å². The van der Waals surface area contributed by atoms with Crippen molar-refractivity contribution >= 4 is 18.3 Å². The van der Waals surface area contributed by atoms with Crippen molar-refractivity contribution in [1.29, 1.82) is 0 Å². The molecule has 0 aromatic heterocycles. The molecular formula is C15H21ClN2O2. The van der Waals surface area contributed by atoms with Crippen LogP contribution in [-0.4, -0.2) is 18.1 Å². The van der Waals surface area contributed by atoms with E-state index in [9.17, 15) is 4.79 Å². The highest BCUT2D eigenvalue weighted by atomic mass is 35.5. The number of carbonyl (C=O) groups excluding carboxylic acids is 1. The average Bonchev–Trinajstić information content (AvgIpc) is 2.87. The van der Waals surface area contributed by atoms with E-state index in [-0.39, 0.29) is 24.4 Å². The number of hydrogen-bond acceptors (Lipinski definition) is 3. The Morgan fingerprint density at radius 3 is 2.75 bits per heavy atom. The average molecular weight is 297 g/mol. The topological polar surface area (TPSA) is 64.4 Å². The number of nitrogens with one attached hydrogen (secondary N) is 1. The molecule has 1 atom stereocenters. The Morgan fingerprint density at radius 2 is 2.00 bits per heavy atom. The van der Waals surface area contributed by atoms with Gasteiger partial charge < -0.3 is 15.8 Å². The summed E-state index contributed by atoms with van der Waals surface area (Å²) in [5.74, 6) is 0.864. The first-order valence-electron chi connectivity index (χ1n) is 7.01. The molecular weight excluding hydrogens is 276 g/mol.